The molecule has 1 atom stereocenters. The lowest BCUT2D eigenvalue weighted by Gasteiger charge is -2.39. The number of ether oxygens (including phenoxy) is 1. The van der Waals surface area contributed by atoms with Crippen LogP contribution in [0.4, 0.5) is 11.5 Å². The zero-order valence-corrected chi connectivity index (χ0v) is 18.9. The zero-order valence-electron chi connectivity index (χ0n) is 18.9. The Labute approximate surface area is 192 Å². The van der Waals surface area contributed by atoms with Gasteiger partial charge in [0.2, 0.25) is 0 Å². The molecule has 2 aliphatic rings. The predicted octanol–water partition coefficient (Wildman–Crippen LogP) is 4.80. The normalized spacial score (nSPS) is 18.8. The molecule has 0 fully saturated rings. The fourth-order valence-corrected chi connectivity index (χ4v) is 4.78. The molecular weight excluding hydrogens is 416 g/mol. The molecule has 0 unspecified atom stereocenters. The maximum Gasteiger partial charge on any atom is 0.261 e. The standard InChI is InChI=1S/C26H26N4O3/c1-26(2)13-19-22(20(31)14-26)23(17-11-7-8-12-21(17)33-3)30-24(29-19)18(15-27-30)25(32)28-16-9-5-4-6-10-16/h4-12,15,23,29H,13-14H2,1-3H3,(H,28,32)/t23-/m1/s1. The lowest BCUT2D eigenvalue weighted by atomic mass is 9.73. The summed E-state index contributed by atoms with van der Waals surface area (Å²) in [6.07, 6.45) is 2.71. The number of carbonyl (C=O) groups excluding carboxylic acids is 2. The van der Waals surface area contributed by atoms with E-state index in [4.69, 9.17) is 4.74 Å². The van der Waals surface area contributed by atoms with Gasteiger partial charge in [0.25, 0.3) is 5.91 Å². The van der Waals surface area contributed by atoms with Crippen molar-refractivity contribution in [3.8, 4) is 5.75 Å². The molecule has 33 heavy (non-hydrogen) atoms. The van der Waals surface area contributed by atoms with E-state index in [1.807, 2.05) is 54.6 Å². The topological polar surface area (TPSA) is 85.2 Å². The van der Waals surface area contributed by atoms with Crippen LogP contribution in [-0.2, 0) is 4.79 Å². The largest absolute Gasteiger partial charge is 0.496 e. The first-order valence-corrected chi connectivity index (χ1v) is 11.0. The van der Waals surface area contributed by atoms with Gasteiger partial charge in [0.1, 0.15) is 23.2 Å². The van der Waals surface area contributed by atoms with Gasteiger partial charge in [-0.3, -0.25) is 9.59 Å². The first-order valence-electron chi connectivity index (χ1n) is 11.0. The number of carbonyl (C=O) groups is 2. The van der Waals surface area contributed by atoms with E-state index in [0.29, 0.717) is 41.2 Å². The molecule has 7 heteroatoms. The summed E-state index contributed by atoms with van der Waals surface area (Å²) in [5.41, 5.74) is 3.30. The number of hydrogen-bond donors (Lipinski definition) is 2. The van der Waals surface area contributed by atoms with Crippen LogP contribution in [0.5, 0.6) is 5.75 Å². The fourth-order valence-electron chi connectivity index (χ4n) is 4.78. The Bertz CT molecular complexity index is 1270. The number of hydrogen-bond acceptors (Lipinski definition) is 5. The van der Waals surface area contributed by atoms with Crippen molar-refractivity contribution in [1.82, 2.24) is 9.78 Å². The third-order valence-electron chi connectivity index (χ3n) is 6.21. The summed E-state index contributed by atoms with van der Waals surface area (Å²) in [6, 6.07) is 16.5. The summed E-state index contributed by atoms with van der Waals surface area (Å²) < 4.78 is 7.36. The highest BCUT2D eigenvalue weighted by molar-refractivity contribution is 6.08. The number of anilines is 2. The number of nitrogens with zero attached hydrogens (tertiary/aromatic N) is 2. The van der Waals surface area contributed by atoms with E-state index < -0.39 is 6.04 Å². The Morgan fingerprint density at radius 3 is 2.61 bits per heavy atom. The van der Waals surface area contributed by atoms with Crippen molar-refractivity contribution in [2.75, 3.05) is 17.7 Å². The second-order valence-corrected chi connectivity index (χ2v) is 9.27. The van der Waals surface area contributed by atoms with Gasteiger partial charge in [-0.25, -0.2) is 4.68 Å². The molecule has 0 saturated heterocycles. The number of Topliss-reactive ketones (excluding diaryl/α,β-unsaturated/α-hetero) is 1. The summed E-state index contributed by atoms with van der Waals surface area (Å²) in [6.45, 7) is 4.17. The monoisotopic (exact) mass is 442 g/mol. The molecule has 2 heterocycles. The van der Waals surface area contributed by atoms with Crippen LogP contribution in [0, 0.1) is 5.41 Å². The van der Waals surface area contributed by atoms with Crippen LogP contribution >= 0.6 is 0 Å². The number of methoxy groups -OCH3 is 1. The van der Waals surface area contributed by atoms with Crippen molar-refractivity contribution in [3.63, 3.8) is 0 Å². The molecule has 168 valence electrons. The minimum Gasteiger partial charge on any atom is -0.496 e. The summed E-state index contributed by atoms with van der Waals surface area (Å²) >= 11 is 0. The Morgan fingerprint density at radius 2 is 1.85 bits per heavy atom. The third-order valence-corrected chi connectivity index (χ3v) is 6.21. The van der Waals surface area contributed by atoms with Crippen LogP contribution in [0.2, 0.25) is 0 Å². The number of amides is 1. The van der Waals surface area contributed by atoms with Gasteiger partial charge in [-0.05, 0) is 30.0 Å². The van der Waals surface area contributed by atoms with Crippen molar-refractivity contribution < 1.29 is 14.3 Å². The summed E-state index contributed by atoms with van der Waals surface area (Å²) in [7, 11) is 1.61. The molecule has 2 aromatic carbocycles. The van der Waals surface area contributed by atoms with Gasteiger partial charge < -0.3 is 15.4 Å². The lowest BCUT2D eigenvalue weighted by Crippen LogP contribution is -2.37. The van der Waals surface area contributed by atoms with Crippen molar-refractivity contribution in [2.24, 2.45) is 5.41 Å². The highest BCUT2D eigenvalue weighted by Gasteiger charge is 2.43. The molecule has 0 radical (unpaired) electrons. The van der Waals surface area contributed by atoms with Gasteiger partial charge in [0.05, 0.1) is 13.3 Å². The first kappa shape index (κ1) is 21.0. The van der Waals surface area contributed by atoms with Crippen LogP contribution < -0.4 is 15.4 Å². The van der Waals surface area contributed by atoms with Gasteiger partial charge in [-0.1, -0.05) is 50.2 Å². The molecular formula is C26H26N4O3. The van der Waals surface area contributed by atoms with Gasteiger partial charge >= 0.3 is 0 Å². The van der Waals surface area contributed by atoms with Crippen LogP contribution in [-0.4, -0.2) is 28.6 Å². The molecule has 0 saturated carbocycles. The van der Waals surface area contributed by atoms with E-state index in [9.17, 15) is 9.59 Å². The smallest absolute Gasteiger partial charge is 0.261 e. The molecule has 7 nitrogen and oxygen atoms in total. The average Bonchev–Trinajstić information content (AvgIpc) is 3.21. The fraction of sp³-hybridized carbons (Fsp3) is 0.269. The Hall–Kier alpha value is -3.87. The van der Waals surface area contributed by atoms with E-state index >= 15 is 0 Å². The molecule has 1 amide bonds. The van der Waals surface area contributed by atoms with E-state index in [1.165, 1.54) is 0 Å². The average molecular weight is 443 g/mol. The maximum absolute atomic E-state index is 13.4. The van der Waals surface area contributed by atoms with Crippen molar-refractivity contribution in [3.05, 3.63) is 83.2 Å². The Morgan fingerprint density at radius 1 is 1.12 bits per heavy atom. The number of fused-ring (bicyclic) bond motifs is 1. The summed E-state index contributed by atoms with van der Waals surface area (Å²) in [5.74, 6) is 1.06. The Kier molecular flexibility index (Phi) is 5.04. The third kappa shape index (κ3) is 3.69. The van der Waals surface area contributed by atoms with Gasteiger partial charge in [-0.15, -0.1) is 0 Å². The minimum atomic E-state index is -0.478. The highest BCUT2D eigenvalue weighted by atomic mass is 16.5. The SMILES string of the molecule is COc1ccccc1[C@@H]1C2=C(CC(C)(C)CC2=O)Nc2c(C(=O)Nc3ccccc3)cnn21. The number of rotatable bonds is 4. The number of aromatic nitrogens is 2. The van der Waals surface area contributed by atoms with Gasteiger partial charge in [0, 0.05) is 28.9 Å². The molecule has 1 aromatic heterocycles. The minimum absolute atomic E-state index is 0.0843. The van der Waals surface area contributed by atoms with E-state index in [2.05, 4.69) is 29.6 Å². The molecule has 1 aliphatic heterocycles. The quantitative estimate of drug-likeness (QED) is 0.606. The summed E-state index contributed by atoms with van der Waals surface area (Å²) in [5, 5.41) is 10.9. The number of ketones is 1. The number of benzene rings is 2. The number of nitrogens with one attached hydrogen (secondary N) is 2. The van der Waals surface area contributed by atoms with Gasteiger partial charge in [0.15, 0.2) is 5.78 Å². The van der Waals surface area contributed by atoms with Crippen LogP contribution in [0.3, 0.4) is 0 Å². The van der Waals surface area contributed by atoms with Crippen LogP contribution in [0.1, 0.15) is 48.7 Å². The van der Waals surface area contributed by atoms with E-state index in [1.54, 1.807) is 18.0 Å². The van der Waals surface area contributed by atoms with Crippen molar-refractivity contribution in [2.45, 2.75) is 32.7 Å². The number of para-hydroxylation sites is 2. The summed E-state index contributed by atoms with van der Waals surface area (Å²) in [4.78, 5) is 26.5. The van der Waals surface area contributed by atoms with Crippen molar-refractivity contribution in [1.29, 1.82) is 0 Å². The highest BCUT2D eigenvalue weighted by Crippen LogP contribution is 2.47. The second-order valence-electron chi connectivity index (χ2n) is 9.27. The van der Waals surface area contributed by atoms with Crippen LogP contribution in [0.25, 0.3) is 0 Å². The molecule has 1 aliphatic carbocycles. The predicted molar refractivity (Wildman–Crippen MR) is 126 cm³/mol. The molecule has 5 rings (SSSR count). The molecule has 0 bridgehead atoms. The van der Waals surface area contributed by atoms with Crippen molar-refractivity contribution >= 4 is 23.2 Å². The zero-order chi connectivity index (χ0) is 23.2. The van der Waals surface area contributed by atoms with E-state index in [-0.39, 0.29) is 17.1 Å². The molecule has 0 spiro atoms. The number of allylic oxidation sites excluding steroid dienone is 2. The van der Waals surface area contributed by atoms with Crippen LogP contribution in [0.15, 0.2) is 72.1 Å². The maximum atomic E-state index is 13.4. The van der Waals surface area contributed by atoms with Gasteiger partial charge in [-0.2, -0.15) is 5.10 Å². The first-order chi connectivity index (χ1) is 15.9. The Balaban J connectivity index is 1.64. The second kappa shape index (κ2) is 7.92. The molecule has 2 N–H and O–H groups in total. The lowest BCUT2D eigenvalue weighted by molar-refractivity contribution is -0.118. The van der Waals surface area contributed by atoms with E-state index in [0.717, 1.165) is 11.3 Å². The molecule has 3 aromatic rings.